The minimum atomic E-state index is -1.70. The Bertz CT molecular complexity index is 552. The van der Waals surface area contributed by atoms with Gasteiger partial charge in [0.15, 0.2) is 6.10 Å². The summed E-state index contributed by atoms with van der Waals surface area (Å²) in [6.07, 6.45) is -1.70. The van der Waals surface area contributed by atoms with E-state index in [4.69, 9.17) is 10.2 Å². The lowest BCUT2D eigenvalue weighted by Crippen LogP contribution is -2.38. The second-order valence-electron chi connectivity index (χ2n) is 4.09. The Morgan fingerprint density at radius 2 is 2.10 bits per heavy atom. The van der Waals surface area contributed by atoms with Crippen LogP contribution >= 0.6 is 0 Å². The number of carboxylic acids is 1. The average Bonchev–Trinajstić information content (AvgIpc) is 2.61. The van der Waals surface area contributed by atoms with Gasteiger partial charge in [0.25, 0.3) is 0 Å². The number of hydrogen-bond donors (Lipinski definition) is 3. The largest absolute Gasteiger partial charge is 0.479 e. The maximum Gasteiger partial charge on any atom is 0.334 e. The first kappa shape index (κ1) is 15.6. The van der Waals surface area contributed by atoms with E-state index in [1.54, 1.807) is 0 Å². The SMILES string of the molecule is Cc1nn(CC(=O)NCC(O)C(=O)O)c(C)c1[N+](=O)[O-]. The summed E-state index contributed by atoms with van der Waals surface area (Å²) >= 11 is 0. The quantitative estimate of drug-likeness (QED) is 0.447. The fourth-order valence-corrected chi connectivity index (χ4v) is 1.60. The molecule has 0 aliphatic carbocycles. The fourth-order valence-electron chi connectivity index (χ4n) is 1.60. The van der Waals surface area contributed by atoms with Gasteiger partial charge < -0.3 is 15.5 Å². The van der Waals surface area contributed by atoms with Gasteiger partial charge in [0.2, 0.25) is 5.91 Å². The van der Waals surface area contributed by atoms with E-state index in [0.717, 1.165) is 4.68 Å². The van der Waals surface area contributed by atoms with E-state index >= 15 is 0 Å². The molecule has 0 saturated heterocycles. The van der Waals surface area contributed by atoms with Crippen molar-refractivity contribution in [3.8, 4) is 0 Å². The van der Waals surface area contributed by atoms with Crippen LogP contribution in [-0.2, 0) is 16.1 Å². The van der Waals surface area contributed by atoms with Gasteiger partial charge in [-0.1, -0.05) is 0 Å². The third kappa shape index (κ3) is 3.51. The summed E-state index contributed by atoms with van der Waals surface area (Å²) in [5.41, 5.74) is 0.246. The Kier molecular flexibility index (Phi) is 4.75. The van der Waals surface area contributed by atoms with Gasteiger partial charge in [0.05, 0.1) is 11.5 Å². The summed E-state index contributed by atoms with van der Waals surface area (Å²) < 4.78 is 1.15. The van der Waals surface area contributed by atoms with Crippen LogP contribution in [0.3, 0.4) is 0 Å². The van der Waals surface area contributed by atoms with E-state index < -0.39 is 29.4 Å². The lowest BCUT2D eigenvalue weighted by Gasteiger charge is -2.08. The molecule has 0 aliphatic rings. The molecular weight excluding hydrogens is 272 g/mol. The Hall–Kier alpha value is -2.49. The summed E-state index contributed by atoms with van der Waals surface area (Å²) in [6, 6.07) is 0. The van der Waals surface area contributed by atoms with Crippen molar-refractivity contribution >= 4 is 17.6 Å². The van der Waals surface area contributed by atoms with Crippen LogP contribution < -0.4 is 5.32 Å². The van der Waals surface area contributed by atoms with Crippen molar-refractivity contribution in [2.45, 2.75) is 26.5 Å². The molecule has 110 valence electrons. The third-order valence-electron chi connectivity index (χ3n) is 2.60. The highest BCUT2D eigenvalue weighted by molar-refractivity contribution is 5.77. The van der Waals surface area contributed by atoms with Crippen molar-refractivity contribution in [2.24, 2.45) is 0 Å². The van der Waals surface area contributed by atoms with Gasteiger partial charge in [-0.15, -0.1) is 0 Å². The normalized spacial score (nSPS) is 11.9. The second-order valence-corrected chi connectivity index (χ2v) is 4.09. The summed E-state index contributed by atoms with van der Waals surface area (Å²) in [5, 5.41) is 34.3. The first-order valence-corrected chi connectivity index (χ1v) is 5.60. The molecule has 1 rings (SSSR count). The molecule has 0 radical (unpaired) electrons. The van der Waals surface area contributed by atoms with Gasteiger partial charge in [0, 0.05) is 0 Å². The van der Waals surface area contributed by atoms with Gasteiger partial charge in [-0.2, -0.15) is 5.10 Å². The lowest BCUT2D eigenvalue weighted by molar-refractivity contribution is -0.386. The Labute approximate surface area is 113 Å². The molecular formula is C10H14N4O6. The Morgan fingerprint density at radius 1 is 1.50 bits per heavy atom. The maximum absolute atomic E-state index is 11.5. The standard InChI is InChI=1S/C10H14N4O6/c1-5-9(14(19)20)6(2)13(12-5)4-8(16)11-3-7(15)10(17)18/h7,15H,3-4H2,1-2H3,(H,11,16)(H,17,18). The molecule has 0 aromatic carbocycles. The summed E-state index contributed by atoms with van der Waals surface area (Å²) in [7, 11) is 0. The van der Waals surface area contributed by atoms with E-state index in [9.17, 15) is 19.7 Å². The van der Waals surface area contributed by atoms with Crippen LogP contribution in [0.4, 0.5) is 5.69 Å². The molecule has 10 nitrogen and oxygen atoms in total. The van der Waals surface area contributed by atoms with Crippen molar-refractivity contribution < 1.29 is 24.7 Å². The molecule has 0 bridgehead atoms. The number of carboxylic acid groups (broad SMARTS) is 1. The number of aliphatic carboxylic acids is 1. The highest BCUT2D eigenvalue weighted by Gasteiger charge is 2.23. The van der Waals surface area contributed by atoms with Gasteiger partial charge in [-0.3, -0.25) is 19.6 Å². The monoisotopic (exact) mass is 286 g/mol. The molecule has 3 N–H and O–H groups in total. The fraction of sp³-hybridized carbons (Fsp3) is 0.500. The van der Waals surface area contributed by atoms with Crippen LogP contribution in [0.5, 0.6) is 0 Å². The number of aryl methyl sites for hydroxylation is 1. The highest BCUT2D eigenvalue weighted by atomic mass is 16.6. The molecule has 10 heteroatoms. The summed E-state index contributed by atoms with van der Waals surface area (Å²) in [5.74, 6) is -2.06. The minimum Gasteiger partial charge on any atom is -0.479 e. The molecule has 1 aromatic heterocycles. The summed E-state index contributed by atoms with van der Waals surface area (Å²) in [4.78, 5) is 32.1. The molecule has 0 fully saturated rings. The number of aliphatic hydroxyl groups excluding tert-OH is 1. The number of nitro groups is 1. The van der Waals surface area contributed by atoms with Crippen LogP contribution in [-0.4, -0.2) is 49.4 Å². The van der Waals surface area contributed by atoms with Crippen molar-refractivity contribution in [2.75, 3.05) is 6.54 Å². The number of nitrogens with one attached hydrogen (secondary N) is 1. The number of aliphatic hydroxyl groups is 1. The molecule has 0 spiro atoms. The van der Waals surface area contributed by atoms with Gasteiger partial charge in [-0.05, 0) is 13.8 Å². The second kappa shape index (κ2) is 6.10. The Morgan fingerprint density at radius 3 is 2.55 bits per heavy atom. The highest BCUT2D eigenvalue weighted by Crippen LogP contribution is 2.21. The predicted molar refractivity (Wildman–Crippen MR) is 65.0 cm³/mol. The lowest BCUT2D eigenvalue weighted by atomic mass is 10.3. The minimum absolute atomic E-state index is 0.164. The van der Waals surface area contributed by atoms with Crippen LogP contribution in [0.2, 0.25) is 0 Å². The molecule has 1 amide bonds. The zero-order chi connectivity index (χ0) is 15.4. The molecule has 1 heterocycles. The average molecular weight is 286 g/mol. The number of carbonyl (C=O) groups excluding carboxylic acids is 1. The van der Waals surface area contributed by atoms with Crippen LogP contribution in [0.15, 0.2) is 0 Å². The van der Waals surface area contributed by atoms with Crippen LogP contribution in [0.25, 0.3) is 0 Å². The zero-order valence-corrected chi connectivity index (χ0v) is 10.9. The van der Waals surface area contributed by atoms with Gasteiger partial charge >= 0.3 is 11.7 Å². The molecule has 1 aromatic rings. The smallest absolute Gasteiger partial charge is 0.334 e. The van der Waals surface area contributed by atoms with E-state index in [-0.39, 0.29) is 23.6 Å². The van der Waals surface area contributed by atoms with E-state index in [2.05, 4.69) is 10.4 Å². The van der Waals surface area contributed by atoms with E-state index in [1.165, 1.54) is 13.8 Å². The zero-order valence-electron chi connectivity index (χ0n) is 10.9. The van der Waals surface area contributed by atoms with Crippen LogP contribution in [0.1, 0.15) is 11.4 Å². The topological polar surface area (TPSA) is 148 Å². The number of carbonyl (C=O) groups is 2. The molecule has 0 saturated carbocycles. The van der Waals surface area contributed by atoms with Crippen molar-refractivity contribution in [3.63, 3.8) is 0 Å². The number of amides is 1. The number of nitrogens with zero attached hydrogens (tertiary/aromatic N) is 3. The van der Waals surface area contributed by atoms with Crippen molar-refractivity contribution in [1.82, 2.24) is 15.1 Å². The van der Waals surface area contributed by atoms with Crippen LogP contribution in [0, 0.1) is 24.0 Å². The number of rotatable bonds is 6. The molecule has 20 heavy (non-hydrogen) atoms. The molecule has 1 unspecified atom stereocenters. The third-order valence-corrected chi connectivity index (χ3v) is 2.60. The summed E-state index contributed by atoms with van der Waals surface area (Å²) in [6.45, 7) is 2.16. The van der Waals surface area contributed by atoms with Gasteiger partial charge in [-0.25, -0.2) is 4.79 Å². The first-order valence-electron chi connectivity index (χ1n) is 5.60. The van der Waals surface area contributed by atoms with E-state index in [1.807, 2.05) is 0 Å². The predicted octanol–water partition coefficient (Wildman–Crippen LogP) is -1.03. The van der Waals surface area contributed by atoms with E-state index in [0.29, 0.717) is 0 Å². The van der Waals surface area contributed by atoms with Crippen molar-refractivity contribution in [3.05, 3.63) is 21.5 Å². The molecule has 1 atom stereocenters. The maximum atomic E-state index is 11.5. The van der Waals surface area contributed by atoms with Gasteiger partial charge in [0.1, 0.15) is 17.9 Å². The first-order chi connectivity index (χ1) is 9.23. The number of hydrogen-bond acceptors (Lipinski definition) is 6. The molecule has 0 aliphatic heterocycles. The Balaban J connectivity index is 2.70. The number of aromatic nitrogens is 2. The van der Waals surface area contributed by atoms with Crippen molar-refractivity contribution in [1.29, 1.82) is 0 Å².